The summed E-state index contributed by atoms with van der Waals surface area (Å²) >= 11 is 6.90. The van der Waals surface area contributed by atoms with Crippen LogP contribution in [0.25, 0.3) is 0 Å². The Kier molecular flexibility index (Phi) is 5.02. The van der Waals surface area contributed by atoms with E-state index in [4.69, 9.17) is 16.3 Å². The Morgan fingerprint density at radius 2 is 2.31 bits per heavy atom. The van der Waals surface area contributed by atoms with Crippen LogP contribution in [-0.4, -0.2) is 24.2 Å². The number of methoxy groups -OCH3 is 1. The quantitative estimate of drug-likeness (QED) is 0.766. The minimum absolute atomic E-state index is 0.0673. The van der Waals surface area contributed by atoms with Crippen LogP contribution in [0.1, 0.15) is 36.4 Å². The van der Waals surface area contributed by atoms with Gasteiger partial charge in [-0.3, -0.25) is 0 Å². The van der Waals surface area contributed by atoms with Gasteiger partial charge in [0.05, 0.1) is 13.2 Å². The van der Waals surface area contributed by atoms with Crippen LogP contribution in [0.3, 0.4) is 0 Å². The fourth-order valence-electron chi connectivity index (χ4n) is 1.19. The van der Waals surface area contributed by atoms with Gasteiger partial charge >= 0.3 is 5.97 Å². The average Bonchev–Trinajstić information content (AvgIpc) is 2.58. The van der Waals surface area contributed by atoms with E-state index < -0.39 is 5.97 Å². The molecule has 1 unspecified atom stereocenters. The molecule has 0 aliphatic rings. The van der Waals surface area contributed by atoms with Crippen molar-refractivity contribution in [3.05, 3.63) is 10.0 Å². The second kappa shape index (κ2) is 6.06. The lowest BCUT2D eigenvalue weighted by Crippen LogP contribution is -2.10. The second-order valence-electron chi connectivity index (χ2n) is 3.31. The molecule has 1 aromatic rings. The first-order valence-corrected chi connectivity index (χ1v) is 6.19. The van der Waals surface area contributed by atoms with Gasteiger partial charge in [-0.25, -0.2) is 4.79 Å². The summed E-state index contributed by atoms with van der Waals surface area (Å²) in [5.41, 5.74) is 0. The maximum Gasteiger partial charge on any atom is 0.351 e. The molecule has 0 fully saturated rings. The highest BCUT2D eigenvalue weighted by molar-refractivity contribution is 7.15. The third kappa shape index (κ3) is 3.35. The maximum absolute atomic E-state index is 11.3. The monoisotopic (exact) mass is 263 g/mol. The lowest BCUT2D eigenvalue weighted by atomic mass is 10.2. The van der Waals surface area contributed by atoms with E-state index in [1.807, 2.05) is 6.92 Å². The van der Waals surface area contributed by atoms with Gasteiger partial charge in [-0.15, -0.1) is 0 Å². The van der Waals surface area contributed by atoms with E-state index in [0.29, 0.717) is 5.19 Å². The van der Waals surface area contributed by atoms with Crippen molar-refractivity contribution in [3.63, 3.8) is 0 Å². The van der Waals surface area contributed by atoms with Crippen molar-refractivity contribution < 1.29 is 14.3 Å². The van der Waals surface area contributed by atoms with Crippen LogP contribution in [0.5, 0.6) is 5.19 Å². The first kappa shape index (κ1) is 13.3. The third-order valence-corrected chi connectivity index (χ3v) is 3.25. The van der Waals surface area contributed by atoms with Crippen LogP contribution in [0, 0.1) is 0 Å². The summed E-state index contributed by atoms with van der Waals surface area (Å²) in [5, 5.41) is 0.543. The number of carbonyl (C=O) groups excluding carboxylic acids is 1. The second-order valence-corrected chi connectivity index (χ2v) is 4.63. The Hall–Kier alpha value is -0.810. The molecule has 4 nitrogen and oxygen atoms in total. The summed E-state index contributed by atoms with van der Waals surface area (Å²) in [6.07, 6.45) is 2.03. The molecule has 0 radical (unpaired) electrons. The number of hydrogen-bond acceptors (Lipinski definition) is 5. The summed E-state index contributed by atoms with van der Waals surface area (Å²) in [5.74, 6) is -0.486. The molecule has 90 valence electrons. The van der Waals surface area contributed by atoms with Gasteiger partial charge in [0, 0.05) is 0 Å². The van der Waals surface area contributed by atoms with E-state index in [1.165, 1.54) is 7.11 Å². The van der Waals surface area contributed by atoms with E-state index >= 15 is 0 Å². The van der Waals surface area contributed by atoms with Crippen molar-refractivity contribution in [2.45, 2.75) is 32.8 Å². The van der Waals surface area contributed by atoms with Crippen LogP contribution in [-0.2, 0) is 4.74 Å². The lowest BCUT2D eigenvalue weighted by Gasteiger charge is -2.09. The molecule has 1 aromatic heterocycles. The Morgan fingerprint density at radius 3 is 2.88 bits per heavy atom. The Balaban J connectivity index is 2.73. The Bertz CT molecular complexity index is 367. The standard InChI is InChI=1S/C10H14ClNO3S/c1-4-5-6(2)15-10-12-8(11)7(16-10)9(13)14-3/h6H,4-5H2,1-3H3. The number of thiazole rings is 1. The molecule has 0 aliphatic heterocycles. The van der Waals surface area contributed by atoms with Crippen molar-refractivity contribution in [2.75, 3.05) is 7.11 Å². The minimum atomic E-state index is -0.486. The van der Waals surface area contributed by atoms with E-state index in [1.54, 1.807) is 0 Å². The van der Waals surface area contributed by atoms with E-state index in [9.17, 15) is 4.79 Å². The Morgan fingerprint density at radius 1 is 1.62 bits per heavy atom. The minimum Gasteiger partial charge on any atom is -0.467 e. The smallest absolute Gasteiger partial charge is 0.351 e. The number of esters is 1. The van der Waals surface area contributed by atoms with Crippen LogP contribution < -0.4 is 4.74 Å². The van der Waals surface area contributed by atoms with E-state index in [0.717, 1.165) is 24.2 Å². The van der Waals surface area contributed by atoms with Crippen LogP contribution >= 0.6 is 22.9 Å². The molecular formula is C10H14ClNO3S. The largest absolute Gasteiger partial charge is 0.467 e. The molecule has 0 spiro atoms. The maximum atomic E-state index is 11.3. The molecule has 16 heavy (non-hydrogen) atoms. The lowest BCUT2D eigenvalue weighted by molar-refractivity contribution is 0.0606. The number of halogens is 1. The van der Waals surface area contributed by atoms with Crippen molar-refractivity contribution in [3.8, 4) is 5.19 Å². The summed E-state index contributed by atoms with van der Waals surface area (Å²) < 4.78 is 10.1. The van der Waals surface area contributed by atoms with Crippen LogP contribution in [0.15, 0.2) is 0 Å². The van der Waals surface area contributed by atoms with Crippen LogP contribution in [0.2, 0.25) is 5.15 Å². The predicted molar refractivity (Wildman–Crippen MR) is 63.5 cm³/mol. The summed E-state index contributed by atoms with van der Waals surface area (Å²) in [6, 6.07) is 0. The van der Waals surface area contributed by atoms with Gasteiger partial charge in [0.25, 0.3) is 5.19 Å². The molecule has 0 saturated heterocycles. The molecule has 0 aliphatic carbocycles. The number of ether oxygens (including phenoxy) is 2. The number of hydrogen-bond donors (Lipinski definition) is 0. The number of aromatic nitrogens is 1. The molecule has 1 rings (SSSR count). The summed E-state index contributed by atoms with van der Waals surface area (Å²) in [7, 11) is 1.30. The normalized spacial score (nSPS) is 12.2. The topological polar surface area (TPSA) is 48.4 Å². The fourth-order valence-corrected chi connectivity index (χ4v) is 2.33. The summed E-state index contributed by atoms with van der Waals surface area (Å²) in [6.45, 7) is 4.03. The fraction of sp³-hybridized carbons (Fsp3) is 0.600. The highest BCUT2D eigenvalue weighted by Crippen LogP contribution is 2.30. The summed E-state index contributed by atoms with van der Waals surface area (Å²) in [4.78, 5) is 15.5. The zero-order chi connectivity index (χ0) is 12.1. The zero-order valence-electron chi connectivity index (χ0n) is 9.45. The first-order valence-electron chi connectivity index (χ1n) is 4.99. The van der Waals surface area contributed by atoms with Crippen molar-refractivity contribution in [1.82, 2.24) is 4.98 Å². The van der Waals surface area contributed by atoms with Crippen molar-refractivity contribution in [1.29, 1.82) is 0 Å². The van der Waals surface area contributed by atoms with Gasteiger partial charge in [-0.05, 0) is 13.3 Å². The predicted octanol–water partition coefficient (Wildman–Crippen LogP) is 3.15. The Labute approximate surface area is 104 Å². The van der Waals surface area contributed by atoms with Crippen LogP contribution in [0.4, 0.5) is 0 Å². The van der Waals surface area contributed by atoms with Gasteiger partial charge in [0.1, 0.15) is 0 Å². The van der Waals surface area contributed by atoms with Gasteiger partial charge in [-0.2, -0.15) is 4.98 Å². The SMILES string of the molecule is CCCC(C)Oc1nc(Cl)c(C(=O)OC)s1. The van der Waals surface area contributed by atoms with E-state index in [2.05, 4.69) is 16.6 Å². The van der Waals surface area contributed by atoms with Crippen molar-refractivity contribution >= 4 is 28.9 Å². The molecule has 0 saturated carbocycles. The molecular weight excluding hydrogens is 250 g/mol. The van der Waals surface area contributed by atoms with Gasteiger partial charge in [-0.1, -0.05) is 36.3 Å². The van der Waals surface area contributed by atoms with Crippen molar-refractivity contribution in [2.24, 2.45) is 0 Å². The number of carbonyl (C=O) groups is 1. The average molecular weight is 264 g/mol. The molecule has 6 heteroatoms. The first-order chi connectivity index (χ1) is 7.58. The van der Waals surface area contributed by atoms with Gasteiger partial charge in [0.2, 0.25) is 0 Å². The number of rotatable bonds is 5. The zero-order valence-corrected chi connectivity index (χ0v) is 11.0. The molecule has 0 N–H and O–H groups in total. The molecule has 0 aromatic carbocycles. The highest BCUT2D eigenvalue weighted by atomic mass is 35.5. The molecule has 1 atom stereocenters. The molecule has 1 heterocycles. The third-order valence-electron chi connectivity index (χ3n) is 1.93. The molecule has 0 bridgehead atoms. The highest BCUT2D eigenvalue weighted by Gasteiger charge is 2.19. The van der Waals surface area contributed by atoms with E-state index in [-0.39, 0.29) is 16.1 Å². The van der Waals surface area contributed by atoms with Gasteiger partial charge < -0.3 is 9.47 Å². The molecule has 0 amide bonds. The van der Waals surface area contributed by atoms with Gasteiger partial charge in [0.15, 0.2) is 10.0 Å². The number of nitrogens with zero attached hydrogens (tertiary/aromatic N) is 1.